The van der Waals surface area contributed by atoms with Gasteiger partial charge in [-0.1, -0.05) is 0 Å². The average Bonchev–Trinajstić information content (AvgIpc) is 3.20. The highest BCUT2D eigenvalue weighted by molar-refractivity contribution is 6.02. The number of hydrogen-bond donors (Lipinski definition) is 2. The third kappa shape index (κ3) is 4.02. The monoisotopic (exact) mass is 381 g/mol. The molecule has 1 aromatic carbocycles. The number of anilines is 2. The molecule has 2 amide bonds. The van der Waals surface area contributed by atoms with Crippen molar-refractivity contribution in [1.29, 1.82) is 0 Å². The molecular weight excluding hydrogens is 358 g/mol. The van der Waals surface area contributed by atoms with Gasteiger partial charge in [0, 0.05) is 38.0 Å². The summed E-state index contributed by atoms with van der Waals surface area (Å²) >= 11 is 0. The largest absolute Gasteiger partial charge is 0.376 e. The number of carbonyl (C=O) groups is 2. The van der Waals surface area contributed by atoms with Gasteiger partial charge in [0.1, 0.15) is 0 Å². The predicted octanol–water partition coefficient (Wildman–Crippen LogP) is 1.27. The Bertz CT molecular complexity index is 817. The van der Waals surface area contributed by atoms with E-state index in [9.17, 15) is 9.59 Å². The highest BCUT2D eigenvalue weighted by Gasteiger charge is 2.31. The first-order valence-corrected chi connectivity index (χ1v) is 9.54. The third-order valence-corrected chi connectivity index (χ3v) is 5.04. The molecule has 8 heteroatoms. The van der Waals surface area contributed by atoms with E-state index in [0.29, 0.717) is 36.7 Å². The van der Waals surface area contributed by atoms with Gasteiger partial charge in [-0.05, 0) is 49.2 Å². The van der Waals surface area contributed by atoms with Gasteiger partial charge >= 0.3 is 0 Å². The summed E-state index contributed by atoms with van der Waals surface area (Å²) in [5.74, 6) is 0.198. The Morgan fingerprint density at radius 3 is 2.64 bits per heavy atom. The number of benzene rings is 1. The van der Waals surface area contributed by atoms with Crippen molar-refractivity contribution in [2.45, 2.75) is 18.9 Å². The van der Waals surface area contributed by atoms with Crippen LogP contribution in [0.5, 0.6) is 0 Å². The van der Waals surface area contributed by atoms with E-state index in [-0.39, 0.29) is 23.8 Å². The van der Waals surface area contributed by atoms with Crippen molar-refractivity contribution in [3.8, 4) is 0 Å². The van der Waals surface area contributed by atoms with Crippen LogP contribution in [0.2, 0.25) is 0 Å². The fourth-order valence-corrected chi connectivity index (χ4v) is 3.31. The number of rotatable bonds is 6. The maximum Gasteiger partial charge on any atom is 0.251 e. The Hall–Kier alpha value is -2.84. The van der Waals surface area contributed by atoms with Crippen LogP contribution in [0.4, 0.5) is 11.5 Å². The Kier molecular flexibility index (Phi) is 5.59. The van der Waals surface area contributed by atoms with Gasteiger partial charge in [-0.25, -0.2) is 0 Å². The molecule has 0 unspecified atom stereocenters. The zero-order valence-corrected chi connectivity index (χ0v) is 15.5. The summed E-state index contributed by atoms with van der Waals surface area (Å²) in [6.07, 6.45) is 3.69. The highest BCUT2D eigenvalue weighted by Crippen LogP contribution is 2.26. The van der Waals surface area contributed by atoms with Crippen LogP contribution in [-0.4, -0.2) is 54.4 Å². The van der Waals surface area contributed by atoms with Crippen molar-refractivity contribution in [3.05, 3.63) is 48.2 Å². The molecule has 1 aromatic heterocycles. The summed E-state index contributed by atoms with van der Waals surface area (Å²) in [6, 6.07) is 10.5. The van der Waals surface area contributed by atoms with Crippen molar-refractivity contribution < 1.29 is 14.3 Å². The minimum Gasteiger partial charge on any atom is -0.376 e. The molecule has 2 saturated heterocycles. The minimum absolute atomic E-state index is 0.0326. The van der Waals surface area contributed by atoms with Crippen molar-refractivity contribution in [2.24, 2.45) is 5.92 Å². The van der Waals surface area contributed by atoms with Crippen LogP contribution < -0.4 is 15.5 Å². The third-order valence-electron chi connectivity index (χ3n) is 5.04. The van der Waals surface area contributed by atoms with E-state index in [1.807, 2.05) is 0 Å². The lowest BCUT2D eigenvalue weighted by Crippen LogP contribution is -2.51. The van der Waals surface area contributed by atoms with Crippen molar-refractivity contribution in [3.63, 3.8) is 0 Å². The molecule has 3 heterocycles. The molecular formula is C20H23N5O3. The van der Waals surface area contributed by atoms with E-state index in [1.165, 1.54) is 0 Å². The van der Waals surface area contributed by atoms with Crippen molar-refractivity contribution in [1.82, 2.24) is 20.8 Å². The van der Waals surface area contributed by atoms with Crippen LogP contribution in [-0.2, 0) is 9.53 Å². The molecule has 0 bridgehead atoms. The number of carbonyl (C=O) groups excluding carboxylic acids is 2. The molecule has 2 aromatic rings. The summed E-state index contributed by atoms with van der Waals surface area (Å²) in [4.78, 5) is 26.9. The first kappa shape index (κ1) is 18.5. The van der Waals surface area contributed by atoms with E-state index < -0.39 is 0 Å². The highest BCUT2D eigenvalue weighted by atomic mass is 16.5. The molecule has 2 N–H and O–H groups in total. The van der Waals surface area contributed by atoms with Crippen LogP contribution in [0, 0.1) is 5.92 Å². The molecule has 146 valence electrons. The maximum absolute atomic E-state index is 12.9. The Balaban J connectivity index is 1.49. The van der Waals surface area contributed by atoms with E-state index in [4.69, 9.17) is 4.74 Å². The SMILES string of the molecule is O=C(NC[C@@H]1CCCO1)c1ccc(N(C(=O)C2CNC2)c2cccnn2)cc1. The second kappa shape index (κ2) is 8.45. The molecule has 1 atom stereocenters. The molecule has 0 radical (unpaired) electrons. The maximum atomic E-state index is 12.9. The summed E-state index contributed by atoms with van der Waals surface area (Å²) in [7, 11) is 0. The predicted molar refractivity (Wildman–Crippen MR) is 103 cm³/mol. The van der Waals surface area contributed by atoms with Gasteiger partial charge < -0.3 is 15.4 Å². The lowest BCUT2D eigenvalue weighted by atomic mass is 10.0. The topological polar surface area (TPSA) is 96.5 Å². The van der Waals surface area contributed by atoms with E-state index in [2.05, 4.69) is 20.8 Å². The van der Waals surface area contributed by atoms with E-state index >= 15 is 0 Å². The Morgan fingerprint density at radius 1 is 1.21 bits per heavy atom. The fraction of sp³-hybridized carbons (Fsp3) is 0.400. The number of aromatic nitrogens is 2. The van der Waals surface area contributed by atoms with Gasteiger partial charge in [0.2, 0.25) is 5.91 Å². The van der Waals surface area contributed by atoms with Crippen LogP contribution >= 0.6 is 0 Å². The van der Waals surface area contributed by atoms with Crippen LogP contribution in [0.15, 0.2) is 42.6 Å². The number of amides is 2. The summed E-state index contributed by atoms with van der Waals surface area (Å²) in [5.41, 5.74) is 1.20. The lowest BCUT2D eigenvalue weighted by Gasteiger charge is -2.31. The second-order valence-electron chi connectivity index (χ2n) is 7.00. The molecule has 2 aliphatic rings. The number of nitrogens with one attached hydrogen (secondary N) is 2. The van der Waals surface area contributed by atoms with Gasteiger partial charge in [-0.15, -0.1) is 5.10 Å². The molecule has 4 rings (SSSR count). The van der Waals surface area contributed by atoms with Crippen LogP contribution in [0.3, 0.4) is 0 Å². The summed E-state index contributed by atoms with van der Waals surface area (Å²) in [6.45, 7) is 2.58. The number of hydrogen-bond acceptors (Lipinski definition) is 6. The van der Waals surface area contributed by atoms with Gasteiger partial charge in [-0.2, -0.15) is 5.10 Å². The van der Waals surface area contributed by atoms with Crippen LogP contribution in [0.25, 0.3) is 0 Å². The molecule has 0 aliphatic carbocycles. The first-order valence-electron chi connectivity index (χ1n) is 9.54. The molecule has 0 saturated carbocycles. The van der Waals surface area contributed by atoms with Crippen LogP contribution in [0.1, 0.15) is 23.2 Å². The van der Waals surface area contributed by atoms with Gasteiger partial charge in [-0.3, -0.25) is 14.5 Å². The van der Waals surface area contributed by atoms with Gasteiger partial charge in [0.15, 0.2) is 5.82 Å². The van der Waals surface area contributed by atoms with E-state index in [1.54, 1.807) is 47.5 Å². The van der Waals surface area contributed by atoms with Gasteiger partial charge in [0.25, 0.3) is 5.91 Å². The van der Waals surface area contributed by atoms with Crippen molar-refractivity contribution >= 4 is 23.3 Å². The zero-order chi connectivity index (χ0) is 19.3. The standard InChI is InChI=1S/C20H23N5O3/c26-19(22-13-17-3-2-10-28-17)14-5-7-16(8-6-14)25(18-4-1-9-23-24-18)20(27)15-11-21-12-15/h1,4-9,15,17,21H,2-3,10-13H2,(H,22,26)/t17-/m0/s1. The van der Waals surface area contributed by atoms with Gasteiger partial charge in [0.05, 0.1) is 17.7 Å². The molecule has 2 fully saturated rings. The Labute approximate surface area is 163 Å². The summed E-state index contributed by atoms with van der Waals surface area (Å²) < 4.78 is 5.53. The fourth-order valence-electron chi connectivity index (χ4n) is 3.31. The normalized spacial score (nSPS) is 19.1. The minimum atomic E-state index is -0.150. The lowest BCUT2D eigenvalue weighted by molar-refractivity contribution is -0.123. The number of nitrogens with zero attached hydrogens (tertiary/aromatic N) is 3. The molecule has 8 nitrogen and oxygen atoms in total. The quantitative estimate of drug-likeness (QED) is 0.782. The second-order valence-corrected chi connectivity index (χ2v) is 7.00. The molecule has 0 spiro atoms. The first-order chi connectivity index (χ1) is 13.7. The summed E-state index contributed by atoms with van der Waals surface area (Å²) in [5, 5.41) is 14.0. The average molecular weight is 381 g/mol. The molecule has 28 heavy (non-hydrogen) atoms. The Morgan fingerprint density at radius 2 is 2.04 bits per heavy atom. The molecule has 2 aliphatic heterocycles. The smallest absolute Gasteiger partial charge is 0.251 e. The van der Waals surface area contributed by atoms with E-state index in [0.717, 1.165) is 19.4 Å². The number of ether oxygens (including phenoxy) is 1. The van der Waals surface area contributed by atoms with Crippen molar-refractivity contribution in [2.75, 3.05) is 31.1 Å². The zero-order valence-electron chi connectivity index (χ0n) is 15.5.